The van der Waals surface area contributed by atoms with Gasteiger partial charge in [-0.1, -0.05) is 246 Å². The molecular weight excluding hydrogens is 2460 g/mol. The molecule has 0 aliphatic carbocycles. The van der Waals surface area contributed by atoms with Crippen LogP contribution in [-0.2, 0) is 91.3 Å². The Morgan fingerprint density at radius 3 is 0.810 bits per heavy atom. The van der Waals surface area contributed by atoms with Gasteiger partial charge in [0.15, 0.2) is 0 Å². The first-order valence-corrected chi connectivity index (χ1v) is 45.1. The molecule has 0 atom stereocenters. The molecule has 706 valence electrons. The van der Waals surface area contributed by atoms with E-state index in [1.165, 1.54) is 66.8 Å². The Hall–Kier alpha value is -15.6. The van der Waals surface area contributed by atoms with Gasteiger partial charge in [0.2, 0.25) is 0 Å². The summed E-state index contributed by atoms with van der Waals surface area (Å²) >= 11 is 0. The molecule has 0 unspecified atom stereocenters. The third-order valence-electron chi connectivity index (χ3n) is 22.1. The summed E-state index contributed by atoms with van der Waals surface area (Å²) in [5.41, 5.74) is 31.0. The Morgan fingerprint density at radius 1 is 0.261 bits per heavy atom. The maximum atomic E-state index is 5.08. The van der Waals surface area contributed by atoms with E-state index in [9.17, 15) is 0 Å². The van der Waals surface area contributed by atoms with Crippen LogP contribution in [-0.4, -0.2) is 36.3 Å². The van der Waals surface area contributed by atoms with E-state index in [0.717, 1.165) is 95.6 Å². The minimum absolute atomic E-state index is 0. The van der Waals surface area contributed by atoms with Crippen molar-refractivity contribution in [1.82, 2.24) is 49.2 Å². The largest absolute Gasteiger partial charge is 4.00 e. The van der Waals surface area contributed by atoms with Crippen LogP contribution in [0, 0.1) is 55.2 Å². The number of rotatable bonds is 16. The predicted molar refractivity (Wildman–Crippen MR) is 559 cm³/mol. The third kappa shape index (κ3) is 29.5. The van der Waals surface area contributed by atoms with Gasteiger partial charge in [0.1, 0.15) is 5.89 Å². The number of para-hydroxylation sites is 2. The van der Waals surface area contributed by atoms with Crippen molar-refractivity contribution in [3.05, 3.63) is 572 Å². The Morgan fingerprint density at radius 2 is 0.549 bits per heavy atom. The molecule has 142 heavy (non-hydrogen) atoms. The molecule has 8 heterocycles. The van der Waals surface area contributed by atoms with Crippen molar-refractivity contribution in [3.63, 3.8) is 0 Å². The van der Waals surface area contributed by atoms with Crippen LogP contribution in [0.15, 0.2) is 522 Å². The second kappa shape index (κ2) is 54.6. The number of nitrogens with zero attached hydrogens (tertiary/aromatic N) is 11. The van der Waals surface area contributed by atoms with Crippen molar-refractivity contribution in [2.24, 2.45) is 7.05 Å². The summed E-state index contributed by atoms with van der Waals surface area (Å²) in [6, 6.07) is 174. The molecular formula is C126H92N11OPt4-9. The maximum Gasteiger partial charge on any atom is 4.00 e. The molecule has 16 heteroatoms. The molecule has 0 fully saturated rings. The number of anilines is 1. The summed E-state index contributed by atoms with van der Waals surface area (Å²) < 4.78 is 8.83. The normalized spacial score (nSPS) is 10.6. The van der Waals surface area contributed by atoms with E-state index >= 15 is 0 Å². The molecule has 0 bridgehead atoms. The molecule has 0 amide bonds. The molecule has 0 spiro atoms. The van der Waals surface area contributed by atoms with Crippen LogP contribution in [0.3, 0.4) is 0 Å². The van der Waals surface area contributed by atoms with Gasteiger partial charge in [-0.3, -0.25) is 14.6 Å². The molecule has 1 aliphatic rings. The standard InChI is InChI=1S/4C22H15N.C10H10N2.C10H9N2.C9H7N2.C9H6NO.4Pt/c4*1-3-7-17(8-4-1)18-11-13-19(14-12-18)21-15-22(23-16-21)20-9-5-2-6-10-20;1-11-7-8-12(9-11)10-5-3-2-4-6-10;1-12-8-7-11-10(12)9-5-3-2-4-6-9;1-2-5-9(6-3-1)11-8-4-7-10-11;1-2-4-8(5-3-1)9-10-6-7-11-9;;;;/h4*1-9,11-16H;2-5,7-9H,1H3;2-5,7-8H,1H3;1-5,7-8H;1-4,6-7H;;;;/q5*-2;3*-1;;;;+4. The Kier molecular flexibility index (Phi) is 39.9. The third-order valence-corrected chi connectivity index (χ3v) is 22.1. The zero-order valence-electron chi connectivity index (χ0n) is 77.2. The fourth-order valence-electron chi connectivity index (χ4n) is 14.9. The monoisotopic (exact) mass is 2550 g/mol. The van der Waals surface area contributed by atoms with Gasteiger partial charge in [0.25, 0.3) is 0 Å². The smallest absolute Gasteiger partial charge is 0.707 e. The number of aromatic nitrogens is 9. The first-order valence-electron chi connectivity index (χ1n) is 45.1. The number of oxazole rings is 1. The number of benzene rings is 16. The molecule has 0 N–H and O–H groups in total. The van der Waals surface area contributed by atoms with Gasteiger partial charge in [-0.15, -0.1) is 224 Å². The summed E-state index contributed by atoms with van der Waals surface area (Å²) in [5, 5.41) is 4.07. The summed E-state index contributed by atoms with van der Waals surface area (Å²) in [5.74, 6) is 1.57. The van der Waals surface area contributed by atoms with Crippen molar-refractivity contribution in [3.8, 4) is 163 Å². The molecule has 0 saturated carbocycles. The van der Waals surface area contributed by atoms with E-state index < -0.39 is 0 Å². The fraction of sp³-hybridized carbons (Fsp3) is 0.0159. The molecule has 24 rings (SSSR count). The summed E-state index contributed by atoms with van der Waals surface area (Å²) in [6.45, 7) is 2.01. The van der Waals surface area contributed by atoms with Crippen molar-refractivity contribution >= 4 is 5.69 Å². The summed E-state index contributed by atoms with van der Waals surface area (Å²) in [7, 11) is 3.97. The number of aryl methyl sites for hydroxylation is 1. The fourth-order valence-corrected chi connectivity index (χ4v) is 14.9. The molecule has 1 aliphatic heterocycles. The van der Waals surface area contributed by atoms with E-state index in [1.54, 1.807) is 29.5 Å². The first-order chi connectivity index (χ1) is 68.3. The number of imidazole rings is 1. The van der Waals surface area contributed by atoms with Crippen LogP contribution in [0.2, 0.25) is 0 Å². The van der Waals surface area contributed by atoms with Crippen LogP contribution < -0.4 is 24.8 Å². The van der Waals surface area contributed by atoms with Gasteiger partial charge in [0, 0.05) is 95.0 Å². The topological polar surface area (TPSA) is 125 Å². The van der Waals surface area contributed by atoms with Crippen LogP contribution in [0.1, 0.15) is 0 Å². The molecule has 7 aromatic heterocycles. The van der Waals surface area contributed by atoms with E-state index in [0.29, 0.717) is 5.89 Å². The number of hydrogen-bond acceptors (Lipinski definition) is 6. The molecule has 12 nitrogen and oxygen atoms in total. The van der Waals surface area contributed by atoms with Crippen LogP contribution in [0.25, 0.3) is 163 Å². The maximum absolute atomic E-state index is 5.08. The minimum atomic E-state index is 0. The zero-order valence-corrected chi connectivity index (χ0v) is 86.3. The van der Waals surface area contributed by atoms with Crippen molar-refractivity contribution in [2.45, 2.75) is 0 Å². The number of hydrogen-bond donors (Lipinski definition) is 0. The molecule has 23 aromatic rings. The average molecular weight is 2560 g/mol. The van der Waals surface area contributed by atoms with Crippen LogP contribution in [0.4, 0.5) is 5.69 Å². The van der Waals surface area contributed by atoms with Crippen molar-refractivity contribution < 1.29 is 88.7 Å². The Labute approximate surface area is 889 Å². The zero-order chi connectivity index (χ0) is 93.8. The van der Waals surface area contributed by atoms with Gasteiger partial charge in [-0.05, 0) is 98.0 Å². The summed E-state index contributed by atoms with van der Waals surface area (Å²) in [6.07, 6.45) is 22.2. The van der Waals surface area contributed by atoms with Gasteiger partial charge in [-0.25, -0.2) is 22.8 Å². The Bertz CT molecular complexity index is 6760. The van der Waals surface area contributed by atoms with E-state index in [-0.39, 0.29) is 84.3 Å². The molecule has 0 saturated heterocycles. The minimum Gasteiger partial charge on any atom is -0.707 e. The van der Waals surface area contributed by atoms with E-state index in [1.807, 2.05) is 309 Å². The SMILES string of the molecule is CN1C=CN(c2[c-]cccc2)[CH-]1.Cn1ccnc1-c1[c-]cccc1.[Pt+4].[Pt].[Pt].[Pt].[c-]1ccccc1-c1cc(-c2ccc(-c3ccccc3)cc2)c[n-]1.[c-]1ccccc1-c1cc(-c2ccc(-c3ccccc3)cc2)c[n-]1.[c-]1ccccc1-c1cc(-c2ccc(-c3ccccc3)cc2)c[n-]1.[c-]1ccccc1-c1cc(-c2ccc(-c3ccccc3)cc2)c[n-]1.[c-]1ccccc1-c1ncco1.[c-]1ccccc1-n1cccn1. The van der Waals surface area contributed by atoms with E-state index in [2.05, 4.69) is 302 Å². The quantitative estimate of drug-likeness (QED) is 0.0864. The van der Waals surface area contributed by atoms with Gasteiger partial charge < -0.3 is 38.7 Å². The van der Waals surface area contributed by atoms with Gasteiger partial charge in [0.05, 0.1) is 18.3 Å². The molecule has 0 radical (unpaired) electrons. The van der Waals surface area contributed by atoms with Crippen LogP contribution >= 0.6 is 0 Å². The second-order valence-corrected chi connectivity index (χ2v) is 31.5. The van der Waals surface area contributed by atoms with E-state index in [4.69, 9.17) is 4.42 Å². The van der Waals surface area contributed by atoms with Gasteiger partial charge in [-0.2, -0.15) is 113 Å². The second-order valence-electron chi connectivity index (χ2n) is 31.5. The predicted octanol–water partition coefficient (Wildman–Crippen LogP) is 29.3. The van der Waals surface area contributed by atoms with Crippen LogP contribution in [0.5, 0.6) is 0 Å². The van der Waals surface area contributed by atoms with Crippen molar-refractivity contribution in [1.29, 1.82) is 0 Å². The van der Waals surface area contributed by atoms with Crippen molar-refractivity contribution in [2.75, 3.05) is 11.9 Å². The summed E-state index contributed by atoms with van der Waals surface area (Å²) in [4.78, 5) is 30.3. The van der Waals surface area contributed by atoms with Gasteiger partial charge >= 0.3 is 21.1 Å². The molecule has 16 aromatic carbocycles. The first kappa shape index (κ1) is 104. The average Bonchev–Trinajstić information content (AvgIpc) is 1.67. The Balaban J connectivity index is 0.000000138.